The van der Waals surface area contributed by atoms with Gasteiger partial charge in [0.2, 0.25) is 0 Å². The number of aliphatic carboxylic acids is 1. The monoisotopic (exact) mass is 329 g/mol. The molecule has 0 spiro atoms. The molecule has 0 radical (unpaired) electrons. The number of amides is 1. The number of benzene rings is 2. The number of ether oxygens (including phenoxy) is 2. The fraction of sp³-hybridized carbons (Fsp3) is 0.222. The lowest BCUT2D eigenvalue weighted by atomic mass is 10.1. The Bertz CT molecular complexity index is 655. The molecular formula is C18H19NO5. The average Bonchev–Trinajstić information content (AvgIpc) is 2.59. The molecule has 0 bridgehead atoms. The van der Waals surface area contributed by atoms with Crippen LogP contribution in [-0.2, 0) is 22.6 Å². The fourth-order valence-electron chi connectivity index (χ4n) is 1.97. The number of carbonyl (C=O) groups is 2. The Labute approximate surface area is 140 Å². The third-order valence-corrected chi connectivity index (χ3v) is 3.13. The molecule has 0 aliphatic rings. The molecule has 0 fully saturated rings. The summed E-state index contributed by atoms with van der Waals surface area (Å²) >= 11 is 0. The van der Waals surface area contributed by atoms with E-state index in [4.69, 9.17) is 14.6 Å². The molecule has 2 aromatic rings. The van der Waals surface area contributed by atoms with Crippen LogP contribution in [0, 0.1) is 0 Å². The number of nitrogens with one attached hydrogen (secondary N) is 1. The van der Waals surface area contributed by atoms with Gasteiger partial charge < -0.3 is 19.9 Å². The van der Waals surface area contributed by atoms with Gasteiger partial charge in [0.15, 0.2) is 0 Å². The highest BCUT2D eigenvalue weighted by molar-refractivity contribution is 5.70. The van der Waals surface area contributed by atoms with Gasteiger partial charge in [0.25, 0.3) is 0 Å². The van der Waals surface area contributed by atoms with Crippen LogP contribution in [-0.4, -0.2) is 30.3 Å². The zero-order valence-electron chi connectivity index (χ0n) is 13.1. The zero-order chi connectivity index (χ0) is 17.2. The van der Waals surface area contributed by atoms with Crippen LogP contribution >= 0.6 is 0 Å². The molecule has 6 nitrogen and oxygen atoms in total. The van der Waals surface area contributed by atoms with Gasteiger partial charge in [0.05, 0.1) is 13.0 Å². The first-order valence-electron chi connectivity index (χ1n) is 7.51. The second-order valence-corrected chi connectivity index (χ2v) is 5.05. The van der Waals surface area contributed by atoms with Crippen molar-refractivity contribution in [2.45, 2.75) is 13.0 Å². The predicted octanol–water partition coefficient (Wildman–Crippen LogP) is 2.62. The molecule has 2 rings (SSSR count). The maximum atomic E-state index is 11.5. The van der Waals surface area contributed by atoms with Gasteiger partial charge >= 0.3 is 12.1 Å². The van der Waals surface area contributed by atoms with Crippen LogP contribution in [0.25, 0.3) is 0 Å². The van der Waals surface area contributed by atoms with E-state index in [-0.39, 0.29) is 13.0 Å². The summed E-state index contributed by atoms with van der Waals surface area (Å²) in [6, 6.07) is 16.2. The van der Waals surface area contributed by atoms with Crippen LogP contribution in [0.1, 0.15) is 11.1 Å². The van der Waals surface area contributed by atoms with Crippen LogP contribution in [0.5, 0.6) is 5.75 Å². The molecule has 0 aliphatic carbocycles. The van der Waals surface area contributed by atoms with E-state index >= 15 is 0 Å². The summed E-state index contributed by atoms with van der Waals surface area (Å²) in [6.45, 7) is 0.821. The number of carboxylic acids is 1. The Morgan fingerprint density at radius 2 is 1.67 bits per heavy atom. The smallest absolute Gasteiger partial charge is 0.407 e. The Morgan fingerprint density at radius 1 is 0.958 bits per heavy atom. The number of hydrogen-bond donors (Lipinski definition) is 2. The van der Waals surface area contributed by atoms with Gasteiger partial charge in [-0.2, -0.15) is 0 Å². The van der Waals surface area contributed by atoms with Crippen molar-refractivity contribution in [1.29, 1.82) is 0 Å². The van der Waals surface area contributed by atoms with Crippen molar-refractivity contribution in [1.82, 2.24) is 5.32 Å². The first kappa shape index (κ1) is 17.3. The lowest BCUT2D eigenvalue weighted by Crippen LogP contribution is -2.28. The van der Waals surface area contributed by atoms with Gasteiger partial charge in [0, 0.05) is 0 Å². The molecule has 0 saturated carbocycles. The quantitative estimate of drug-likeness (QED) is 0.727. The Balaban J connectivity index is 1.62. The van der Waals surface area contributed by atoms with Crippen molar-refractivity contribution >= 4 is 12.1 Å². The minimum absolute atomic E-state index is 0.0188. The summed E-state index contributed by atoms with van der Waals surface area (Å²) < 4.78 is 10.5. The average molecular weight is 329 g/mol. The van der Waals surface area contributed by atoms with E-state index in [2.05, 4.69) is 5.32 Å². The molecule has 6 heteroatoms. The summed E-state index contributed by atoms with van der Waals surface area (Å²) in [5.74, 6) is -0.259. The van der Waals surface area contributed by atoms with Crippen LogP contribution in [0.3, 0.4) is 0 Å². The Hall–Kier alpha value is -3.02. The minimum atomic E-state index is -0.873. The fourth-order valence-corrected chi connectivity index (χ4v) is 1.97. The largest absolute Gasteiger partial charge is 0.492 e. The third kappa shape index (κ3) is 6.39. The number of hydrogen-bond acceptors (Lipinski definition) is 4. The van der Waals surface area contributed by atoms with E-state index in [1.54, 1.807) is 24.3 Å². The molecule has 0 aliphatic heterocycles. The number of rotatable bonds is 8. The summed E-state index contributed by atoms with van der Waals surface area (Å²) in [4.78, 5) is 22.1. The highest BCUT2D eigenvalue weighted by Crippen LogP contribution is 2.12. The maximum Gasteiger partial charge on any atom is 0.407 e. The lowest BCUT2D eigenvalue weighted by Gasteiger charge is -2.09. The summed E-state index contributed by atoms with van der Waals surface area (Å²) in [5, 5.41) is 11.3. The maximum absolute atomic E-state index is 11.5. The van der Waals surface area contributed by atoms with Crippen LogP contribution in [0.4, 0.5) is 4.79 Å². The number of carboxylic acid groups (broad SMARTS) is 1. The molecule has 24 heavy (non-hydrogen) atoms. The predicted molar refractivity (Wildman–Crippen MR) is 87.9 cm³/mol. The third-order valence-electron chi connectivity index (χ3n) is 3.13. The summed E-state index contributed by atoms with van der Waals surface area (Å²) in [5.41, 5.74) is 1.63. The lowest BCUT2D eigenvalue weighted by molar-refractivity contribution is -0.136. The molecule has 0 saturated heterocycles. The van der Waals surface area contributed by atoms with E-state index < -0.39 is 12.1 Å². The molecular weight excluding hydrogens is 310 g/mol. The topological polar surface area (TPSA) is 84.9 Å². The van der Waals surface area contributed by atoms with Crippen molar-refractivity contribution in [2.75, 3.05) is 13.2 Å². The molecule has 2 N–H and O–H groups in total. The van der Waals surface area contributed by atoms with Gasteiger partial charge in [-0.05, 0) is 23.3 Å². The minimum Gasteiger partial charge on any atom is -0.492 e. The zero-order valence-corrected chi connectivity index (χ0v) is 13.1. The molecule has 2 aromatic carbocycles. The SMILES string of the molecule is O=C(O)Cc1ccc(OCCNC(=O)OCc2ccccc2)cc1. The standard InChI is InChI=1S/C18H19NO5/c20-17(21)12-14-6-8-16(9-7-14)23-11-10-19-18(22)24-13-15-4-2-1-3-5-15/h1-9H,10-13H2,(H,19,22)(H,20,21). The molecule has 1 amide bonds. The van der Waals surface area contributed by atoms with Crippen molar-refractivity contribution in [3.05, 3.63) is 65.7 Å². The second-order valence-electron chi connectivity index (χ2n) is 5.05. The molecule has 0 heterocycles. The van der Waals surface area contributed by atoms with Crippen LogP contribution in [0.15, 0.2) is 54.6 Å². The van der Waals surface area contributed by atoms with Crippen molar-refractivity contribution in [3.8, 4) is 5.75 Å². The molecule has 126 valence electrons. The summed E-state index contributed by atoms with van der Waals surface area (Å²) in [7, 11) is 0. The summed E-state index contributed by atoms with van der Waals surface area (Å²) in [6.07, 6.45) is -0.519. The van der Waals surface area contributed by atoms with Gasteiger partial charge in [0.1, 0.15) is 19.0 Å². The Kier molecular flexibility index (Phi) is 6.64. The van der Waals surface area contributed by atoms with Gasteiger partial charge in [-0.1, -0.05) is 42.5 Å². The normalized spacial score (nSPS) is 10.0. The van der Waals surface area contributed by atoms with E-state index in [0.29, 0.717) is 24.5 Å². The van der Waals surface area contributed by atoms with E-state index in [1.807, 2.05) is 30.3 Å². The molecule has 0 atom stereocenters. The highest BCUT2D eigenvalue weighted by atomic mass is 16.5. The van der Waals surface area contributed by atoms with Gasteiger partial charge in [-0.3, -0.25) is 4.79 Å². The molecule has 0 aromatic heterocycles. The first-order valence-corrected chi connectivity index (χ1v) is 7.51. The molecule has 0 unspecified atom stereocenters. The first-order chi connectivity index (χ1) is 11.6. The van der Waals surface area contributed by atoms with E-state index in [0.717, 1.165) is 5.56 Å². The Morgan fingerprint density at radius 3 is 2.33 bits per heavy atom. The number of alkyl carbamates (subject to hydrolysis) is 1. The second kappa shape index (κ2) is 9.19. The van der Waals surface area contributed by atoms with Crippen molar-refractivity contribution in [3.63, 3.8) is 0 Å². The van der Waals surface area contributed by atoms with Gasteiger partial charge in [-0.15, -0.1) is 0 Å². The number of carbonyl (C=O) groups excluding carboxylic acids is 1. The van der Waals surface area contributed by atoms with E-state index in [9.17, 15) is 9.59 Å². The highest BCUT2D eigenvalue weighted by Gasteiger charge is 2.03. The van der Waals surface area contributed by atoms with Crippen molar-refractivity contribution < 1.29 is 24.2 Å². The van der Waals surface area contributed by atoms with Crippen molar-refractivity contribution in [2.24, 2.45) is 0 Å². The van der Waals surface area contributed by atoms with Crippen LogP contribution < -0.4 is 10.1 Å². The van der Waals surface area contributed by atoms with E-state index in [1.165, 1.54) is 0 Å². The van der Waals surface area contributed by atoms with Gasteiger partial charge in [-0.25, -0.2) is 4.79 Å². The van der Waals surface area contributed by atoms with Crippen LogP contribution in [0.2, 0.25) is 0 Å².